The van der Waals surface area contributed by atoms with Gasteiger partial charge >= 0.3 is 0 Å². The van der Waals surface area contributed by atoms with Gasteiger partial charge in [-0.25, -0.2) is 9.37 Å². The molecule has 0 radical (unpaired) electrons. The number of aromatic nitrogens is 2. The molecule has 0 bridgehead atoms. The van der Waals surface area contributed by atoms with Crippen LogP contribution in [0.2, 0.25) is 0 Å². The Balaban J connectivity index is 1.62. The third-order valence-electron chi connectivity index (χ3n) is 4.48. The van der Waals surface area contributed by atoms with Crippen LogP contribution in [0.4, 0.5) is 10.1 Å². The molecule has 1 aromatic heterocycles. The summed E-state index contributed by atoms with van der Waals surface area (Å²) in [6.45, 7) is 0. The monoisotopic (exact) mass is 443 g/mol. The van der Waals surface area contributed by atoms with Gasteiger partial charge in [0, 0.05) is 12.2 Å². The highest BCUT2D eigenvalue weighted by Gasteiger charge is 2.23. The van der Waals surface area contributed by atoms with Gasteiger partial charge in [-0.15, -0.1) is 11.8 Å². The van der Waals surface area contributed by atoms with Crippen LogP contribution in [-0.2, 0) is 11.2 Å². The Bertz CT molecular complexity index is 1150. The van der Waals surface area contributed by atoms with Crippen molar-refractivity contribution in [3.8, 4) is 11.4 Å². The summed E-state index contributed by atoms with van der Waals surface area (Å²) < 4.78 is 20.5. The van der Waals surface area contributed by atoms with Crippen LogP contribution in [0.3, 0.4) is 0 Å². The molecule has 0 unspecified atom stereocenters. The summed E-state index contributed by atoms with van der Waals surface area (Å²) in [5.74, 6) is 0.591. The van der Waals surface area contributed by atoms with E-state index in [0.29, 0.717) is 27.9 Å². The Kier molecular flexibility index (Phi) is 6.10. The number of fused-ring (bicyclic) bond motifs is 1. The number of hydrogen-bond acceptors (Lipinski definition) is 6. The molecule has 0 aliphatic carbocycles. The zero-order chi connectivity index (χ0) is 21.1. The summed E-state index contributed by atoms with van der Waals surface area (Å²) in [5, 5.41) is 2.98. The Labute approximate surface area is 180 Å². The van der Waals surface area contributed by atoms with E-state index in [4.69, 9.17) is 4.74 Å². The van der Waals surface area contributed by atoms with Crippen LogP contribution in [0.1, 0.15) is 5.69 Å². The zero-order valence-electron chi connectivity index (χ0n) is 16.1. The molecule has 0 atom stereocenters. The van der Waals surface area contributed by atoms with E-state index in [9.17, 15) is 14.0 Å². The van der Waals surface area contributed by atoms with Gasteiger partial charge in [0.25, 0.3) is 5.56 Å². The first-order valence-corrected chi connectivity index (χ1v) is 11.1. The normalized spacial score (nSPS) is 12.5. The second-order valence-corrected chi connectivity index (χ2v) is 8.47. The third kappa shape index (κ3) is 4.22. The summed E-state index contributed by atoms with van der Waals surface area (Å²) >= 11 is 2.64. The van der Waals surface area contributed by atoms with Crippen molar-refractivity contribution in [2.75, 3.05) is 23.9 Å². The van der Waals surface area contributed by atoms with Crippen LogP contribution in [-0.4, -0.2) is 34.1 Å². The van der Waals surface area contributed by atoms with E-state index in [2.05, 4.69) is 10.3 Å². The molecule has 6 nitrogen and oxygen atoms in total. The number of halogens is 1. The second kappa shape index (κ2) is 8.93. The van der Waals surface area contributed by atoms with Crippen LogP contribution in [0.15, 0.2) is 63.4 Å². The molecule has 4 rings (SSSR count). The third-order valence-corrected chi connectivity index (χ3v) is 6.52. The molecule has 1 aliphatic rings. The van der Waals surface area contributed by atoms with E-state index in [1.54, 1.807) is 43.5 Å². The van der Waals surface area contributed by atoms with E-state index in [1.165, 1.54) is 28.5 Å². The Morgan fingerprint density at radius 3 is 2.77 bits per heavy atom. The predicted octanol–water partition coefficient (Wildman–Crippen LogP) is 3.76. The number of thioether (sulfide) groups is 2. The summed E-state index contributed by atoms with van der Waals surface area (Å²) in [6.07, 6.45) is 0.716. The van der Waals surface area contributed by atoms with Gasteiger partial charge in [-0.1, -0.05) is 23.9 Å². The van der Waals surface area contributed by atoms with E-state index in [-0.39, 0.29) is 22.9 Å². The first-order chi connectivity index (χ1) is 14.6. The Morgan fingerprint density at radius 1 is 1.27 bits per heavy atom. The van der Waals surface area contributed by atoms with Crippen LogP contribution < -0.4 is 15.6 Å². The molecule has 154 valence electrons. The van der Waals surface area contributed by atoms with Crippen LogP contribution in [0, 0.1) is 5.82 Å². The number of ether oxygens (including phenoxy) is 1. The van der Waals surface area contributed by atoms with Gasteiger partial charge in [-0.3, -0.25) is 14.2 Å². The fraction of sp³-hybridized carbons (Fsp3) is 0.190. The smallest absolute Gasteiger partial charge is 0.272 e. The molecule has 30 heavy (non-hydrogen) atoms. The van der Waals surface area contributed by atoms with Gasteiger partial charge in [0.1, 0.15) is 11.6 Å². The molecule has 0 saturated carbocycles. The minimum absolute atomic E-state index is 0.0111. The van der Waals surface area contributed by atoms with Crippen LogP contribution in [0.25, 0.3) is 5.69 Å². The van der Waals surface area contributed by atoms with Crippen molar-refractivity contribution in [2.45, 2.75) is 16.5 Å². The molecule has 0 fully saturated rings. The molecule has 9 heteroatoms. The van der Waals surface area contributed by atoms with Gasteiger partial charge in [0.05, 0.1) is 34.8 Å². The van der Waals surface area contributed by atoms with Crippen molar-refractivity contribution in [3.05, 3.63) is 70.4 Å². The molecular formula is C21H18FN3O3S2. The topological polar surface area (TPSA) is 73.2 Å². The summed E-state index contributed by atoms with van der Waals surface area (Å²) in [6, 6.07) is 13.1. The average molecular weight is 444 g/mol. The highest BCUT2D eigenvalue weighted by molar-refractivity contribution is 8.00. The van der Waals surface area contributed by atoms with E-state index < -0.39 is 5.82 Å². The first-order valence-electron chi connectivity index (χ1n) is 9.17. The number of nitrogens with zero attached hydrogens (tertiary/aromatic N) is 2. The Hall–Kier alpha value is -2.78. The maximum Gasteiger partial charge on any atom is 0.272 e. The lowest BCUT2D eigenvalue weighted by Gasteiger charge is -2.14. The van der Waals surface area contributed by atoms with Crippen molar-refractivity contribution in [3.63, 3.8) is 0 Å². The molecule has 3 aromatic rings. The lowest BCUT2D eigenvalue weighted by atomic mass is 10.3. The number of nitrogens with one attached hydrogen (secondary N) is 1. The number of hydrogen-bond donors (Lipinski definition) is 1. The fourth-order valence-electron chi connectivity index (χ4n) is 3.03. The maximum absolute atomic E-state index is 13.8. The van der Waals surface area contributed by atoms with E-state index in [0.717, 1.165) is 23.2 Å². The van der Waals surface area contributed by atoms with Gasteiger partial charge in [-0.2, -0.15) is 0 Å². The van der Waals surface area contributed by atoms with Gasteiger partial charge in [0.15, 0.2) is 5.16 Å². The molecule has 1 aliphatic heterocycles. The highest BCUT2D eigenvalue weighted by atomic mass is 32.2. The number of carbonyl (C=O) groups is 1. The molecule has 2 aromatic carbocycles. The standard InChI is InChI=1S/C21H18FN3O3S2/c1-28-14-8-6-13(7-9-14)25-20(27)19-17(10-11-29-19)24-21(25)30-12-18(26)23-16-5-3-2-4-15(16)22/h2-9H,10-12H2,1H3,(H,23,26). The molecule has 1 amide bonds. The number of para-hydroxylation sites is 1. The summed E-state index contributed by atoms with van der Waals surface area (Å²) in [7, 11) is 1.57. The van der Waals surface area contributed by atoms with E-state index in [1.807, 2.05) is 0 Å². The minimum atomic E-state index is -0.501. The van der Waals surface area contributed by atoms with Crippen molar-refractivity contribution in [2.24, 2.45) is 0 Å². The van der Waals surface area contributed by atoms with Crippen LogP contribution in [0.5, 0.6) is 5.75 Å². The average Bonchev–Trinajstić information content (AvgIpc) is 3.23. The molecule has 0 spiro atoms. The molecule has 1 N–H and O–H groups in total. The van der Waals surface area contributed by atoms with Crippen molar-refractivity contribution in [1.29, 1.82) is 0 Å². The van der Waals surface area contributed by atoms with Crippen molar-refractivity contribution >= 4 is 35.1 Å². The Morgan fingerprint density at radius 2 is 2.03 bits per heavy atom. The minimum Gasteiger partial charge on any atom is -0.497 e. The fourth-order valence-corrected chi connectivity index (χ4v) is 4.88. The molecule has 2 heterocycles. The van der Waals surface area contributed by atoms with Crippen LogP contribution >= 0.6 is 23.5 Å². The number of methoxy groups -OCH3 is 1. The highest BCUT2D eigenvalue weighted by Crippen LogP contribution is 2.30. The van der Waals surface area contributed by atoms with Crippen molar-refractivity contribution in [1.82, 2.24) is 9.55 Å². The number of anilines is 1. The lowest BCUT2D eigenvalue weighted by molar-refractivity contribution is -0.113. The van der Waals surface area contributed by atoms with E-state index >= 15 is 0 Å². The summed E-state index contributed by atoms with van der Waals surface area (Å²) in [5.41, 5.74) is 1.37. The first kappa shape index (κ1) is 20.5. The second-order valence-electron chi connectivity index (χ2n) is 6.42. The number of amides is 1. The van der Waals surface area contributed by atoms with Crippen molar-refractivity contribution < 1.29 is 13.9 Å². The molecule has 0 saturated heterocycles. The lowest BCUT2D eigenvalue weighted by Crippen LogP contribution is -2.24. The number of carbonyl (C=O) groups excluding carboxylic acids is 1. The predicted molar refractivity (Wildman–Crippen MR) is 117 cm³/mol. The zero-order valence-corrected chi connectivity index (χ0v) is 17.7. The number of benzene rings is 2. The SMILES string of the molecule is COc1ccc(-n2c(SCC(=O)Nc3ccccc3F)nc3c(c2=O)SCC3)cc1. The largest absolute Gasteiger partial charge is 0.497 e. The number of rotatable bonds is 6. The van der Waals surface area contributed by atoms with Gasteiger partial charge in [-0.05, 0) is 36.4 Å². The maximum atomic E-state index is 13.8. The molecular weight excluding hydrogens is 425 g/mol. The summed E-state index contributed by atoms with van der Waals surface area (Å²) in [4.78, 5) is 30.8. The quantitative estimate of drug-likeness (QED) is 0.462. The number of aryl methyl sites for hydroxylation is 1. The van der Waals surface area contributed by atoms with Gasteiger partial charge < -0.3 is 10.1 Å². The van der Waals surface area contributed by atoms with Gasteiger partial charge in [0.2, 0.25) is 5.91 Å².